The average Bonchev–Trinajstić information content (AvgIpc) is 2.91. The molecule has 0 saturated carbocycles. The first kappa shape index (κ1) is 20.6. The Hall–Kier alpha value is -2.66. The molecule has 0 spiro atoms. The lowest BCUT2D eigenvalue weighted by Crippen LogP contribution is -2.41. The molecule has 30 heavy (non-hydrogen) atoms. The number of fused-ring (bicyclic) bond motifs is 1. The summed E-state index contributed by atoms with van der Waals surface area (Å²) in [6, 6.07) is 19.3. The van der Waals surface area contributed by atoms with Crippen molar-refractivity contribution in [1.82, 2.24) is 0 Å². The molecule has 1 atom stereocenters. The minimum atomic E-state index is -1.96. The number of anilines is 1. The number of halogens is 2. The van der Waals surface area contributed by atoms with E-state index in [0.29, 0.717) is 22.8 Å². The molecule has 0 aromatic heterocycles. The van der Waals surface area contributed by atoms with E-state index in [0.717, 1.165) is 11.1 Å². The van der Waals surface area contributed by atoms with Gasteiger partial charge in [0, 0.05) is 16.1 Å². The van der Waals surface area contributed by atoms with Crippen molar-refractivity contribution in [2.45, 2.75) is 25.5 Å². The Morgan fingerprint density at radius 2 is 1.73 bits per heavy atom. The fourth-order valence-corrected chi connectivity index (χ4v) is 4.35. The van der Waals surface area contributed by atoms with E-state index in [9.17, 15) is 14.7 Å². The van der Waals surface area contributed by atoms with E-state index in [4.69, 9.17) is 23.2 Å². The number of rotatable bonds is 5. The summed E-state index contributed by atoms with van der Waals surface area (Å²) in [5.41, 5.74) is 1.29. The van der Waals surface area contributed by atoms with E-state index >= 15 is 0 Å². The summed E-state index contributed by atoms with van der Waals surface area (Å²) >= 11 is 12.1. The standard InChI is InChI=1S/C24H19Cl2NO3/c1-15-6-2-3-7-16(15)14-27-21-9-5-4-8-19(21)24(30,23(27)29)13-22(28)18-11-10-17(25)12-20(18)26/h2-12,30H,13-14H2,1H3. The zero-order valence-electron chi connectivity index (χ0n) is 16.2. The molecule has 1 heterocycles. The highest BCUT2D eigenvalue weighted by Crippen LogP contribution is 2.44. The van der Waals surface area contributed by atoms with Crippen LogP contribution < -0.4 is 4.90 Å². The fourth-order valence-electron chi connectivity index (χ4n) is 3.84. The quantitative estimate of drug-likeness (QED) is 0.548. The highest BCUT2D eigenvalue weighted by molar-refractivity contribution is 6.37. The molecule has 1 aliphatic heterocycles. The summed E-state index contributed by atoms with van der Waals surface area (Å²) < 4.78 is 0. The van der Waals surface area contributed by atoms with Crippen molar-refractivity contribution in [1.29, 1.82) is 0 Å². The molecule has 0 saturated heterocycles. The van der Waals surface area contributed by atoms with Crippen LogP contribution in [-0.2, 0) is 16.9 Å². The molecule has 1 aliphatic rings. The van der Waals surface area contributed by atoms with Crippen LogP contribution in [0.1, 0.15) is 33.5 Å². The number of nitrogens with zero attached hydrogens (tertiary/aromatic N) is 1. The maximum atomic E-state index is 13.4. The number of aliphatic hydroxyl groups is 1. The number of carbonyl (C=O) groups is 2. The van der Waals surface area contributed by atoms with Gasteiger partial charge in [0.05, 0.1) is 23.7 Å². The molecule has 0 bridgehead atoms. The lowest BCUT2D eigenvalue weighted by atomic mass is 9.88. The molecule has 0 radical (unpaired) electrons. The normalized spacial score (nSPS) is 17.9. The van der Waals surface area contributed by atoms with Gasteiger partial charge < -0.3 is 10.0 Å². The molecule has 4 rings (SSSR count). The third kappa shape index (κ3) is 3.52. The van der Waals surface area contributed by atoms with Gasteiger partial charge in [-0.3, -0.25) is 9.59 Å². The summed E-state index contributed by atoms with van der Waals surface area (Å²) in [5.74, 6) is -0.953. The second-order valence-electron chi connectivity index (χ2n) is 7.42. The second kappa shape index (κ2) is 7.88. The van der Waals surface area contributed by atoms with E-state index < -0.39 is 23.7 Å². The zero-order valence-corrected chi connectivity index (χ0v) is 17.7. The van der Waals surface area contributed by atoms with E-state index in [1.165, 1.54) is 17.0 Å². The molecule has 4 nitrogen and oxygen atoms in total. The zero-order chi connectivity index (χ0) is 21.5. The lowest BCUT2D eigenvalue weighted by Gasteiger charge is -2.23. The molecule has 3 aromatic rings. The second-order valence-corrected chi connectivity index (χ2v) is 8.26. The highest BCUT2D eigenvalue weighted by atomic mass is 35.5. The summed E-state index contributed by atoms with van der Waals surface area (Å²) in [7, 11) is 0. The van der Waals surface area contributed by atoms with Crippen molar-refractivity contribution in [2.24, 2.45) is 0 Å². The number of benzene rings is 3. The maximum absolute atomic E-state index is 13.4. The van der Waals surface area contributed by atoms with Gasteiger partial charge in [-0.25, -0.2) is 0 Å². The molecular weight excluding hydrogens is 421 g/mol. The molecule has 6 heteroatoms. The minimum absolute atomic E-state index is 0.187. The van der Waals surface area contributed by atoms with Crippen molar-refractivity contribution >= 4 is 40.6 Å². The van der Waals surface area contributed by atoms with Gasteiger partial charge in [0.1, 0.15) is 0 Å². The predicted molar refractivity (Wildman–Crippen MR) is 118 cm³/mol. The smallest absolute Gasteiger partial charge is 0.264 e. The number of amides is 1. The monoisotopic (exact) mass is 439 g/mol. The predicted octanol–water partition coefficient (Wildman–Crippen LogP) is 5.31. The van der Waals surface area contributed by atoms with E-state index in [-0.39, 0.29) is 10.6 Å². The fraction of sp³-hybridized carbons (Fsp3) is 0.167. The van der Waals surface area contributed by atoms with Gasteiger partial charge in [-0.2, -0.15) is 0 Å². The Labute approximate surface area is 184 Å². The van der Waals surface area contributed by atoms with Gasteiger partial charge in [0.25, 0.3) is 5.91 Å². The largest absolute Gasteiger partial charge is 0.375 e. The maximum Gasteiger partial charge on any atom is 0.264 e. The summed E-state index contributed by atoms with van der Waals surface area (Å²) in [6.07, 6.45) is -0.408. The average molecular weight is 440 g/mol. The SMILES string of the molecule is Cc1ccccc1CN1C(=O)C(O)(CC(=O)c2ccc(Cl)cc2Cl)c2ccccc21. The van der Waals surface area contributed by atoms with Crippen LogP contribution in [0.2, 0.25) is 10.0 Å². The number of ketones is 1. The first-order valence-corrected chi connectivity index (χ1v) is 10.2. The molecule has 1 N–H and O–H groups in total. The van der Waals surface area contributed by atoms with E-state index in [2.05, 4.69) is 0 Å². The first-order chi connectivity index (χ1) is 14.3. The van der Waals surface area contributed by atoms with Crippen LogP contribution in [-0.4, -0.2) is 16.8 Å². The Morgan fingerprint density at radius 1 is 1.03 bits per heavy atom. The van der Waals surface area contributed by atoms with Crippen molar-refractivity contribution in [3.05, 3.63) is 99.0 Å². The van der Waals surface area contributed by atoms with Crippen molar-refractivity contribution in [3.63, 3.8) is 0 Å². The minimum Gasteiger partial charge on any atom is -0.375 e. The lowest BCUT2D eigenvalue weighted by molar-refractivity contribution is -0.136. The highest BCUT2D eigenvalue weighted by Gasteiger charge is 2.50. The Balaban J connectivity index is 1.70. The van der Waals surface area contributed by atoms with Gasteiger partial charge >= 0.3 is 0 Å². The van der Waals surface area contributed by atoms with Crippen LogP contribution in [0.15, 0.2) is 66.7 Å². The Morgan fingerprint density at radius 3 is 2.47 bits per heavy atom. The van der Waals surface area contributed by atoms with Crippen LogP contribution in [0.4, 0.5) is 5.69 Å². The summed E-state index contributed by atoms with van der Waals surface area (Å²) in [5, 5.41) is 12.0. The van der Waals surface area contributed by atoms with Crippen LogP contribution in [0.25, 0.3) is 0 Å². The van der Waals surface area contributed by atoms with Crippen LogP contribution >= 0.6 is 23.2 Å². The van der Waals surface area contributed by atoms with Crippen LogP contribution in [0.3, 0.4) is 0 Å². The molecule has 1 amide bonds. The van der Waals surface area contributed by atoms with Crippen molar-refractivity contribution in [3.8, 4) is 0 Å². The van der Waals surface area contributed by atoms with E-state index in [1.54, 1.807) is 30.3 Å². The third-order valence-corrected chi connectivity index (χ3v) is 6.02. The molecule has 152 valence electrons. The summed E-state index contributed by atoms with van der Waals surface area (Å²) in [4.78, 5) is 27.9. The molecule has 0 fully saturated rings. The van der Waals surface area contributed by atoms with E-state index in [1.807, 2.05) is 31.2 Å². The molecular formula is C24H19Cl2NO3. The van der Waals surface area contributed by atoms with Gasteiger partial charge in [0.2, 0.25) is 0 Å². The number of hydrogen-bond acceptors (Lipinski definition) is 3. The van der Waals surface area contributed by atoms with Crippen molar-refractivity contribution in [2.75, 3.05) is 4.90 Å². The van der Waals surface area contributed by atoms with Gasteiger partial charge in [-0.05, 0) is 42.3 Å². The van der Waals surface area contributed by atoms with Crippen LogP contribution in [0.5, 0.6) is 0 Å². The van der Waals surface area contributed by atoms with Gasteiger partial charge in [-0.15, -0.1) is 0 Å². The van der Waals surface area contributed by atoms with Gasteiger partial charge in [-0.1, -0.05) is 65.7 Å². The molecule has 0 aliphatic carbocycles. The summed E-state index contributed by atoms with van der Waals surface area (Å²) in [6.45, 7) is 2.28. The molecule has 3 aromatic carbocycles. The number of aryl methyl sites for hydroxylation is 1. The number of Topliss-reactive ketones (excluding diaryl/α,β-unsaturated/α-hetero) is 1. The number of carbonyl (C=O) groups excluding carboxylic acids is 2. The van der Waals surface area contributed by atoms with Crippen molar-refractivity contribution < 1.29 is 14.7 Å². The number of para-hydroxylation sites is 1. The Kier molecular flexibility index (Phi) is 5.41. The topological polar surface area (TPSA) is 57.6 Å². The first-order valence-electron chi connectivity index (χ1n) is 9.48. The molecule has 1 unspecified atom stereocenters. The Bertz CT molecular complexity index is 1160. The van der Waals surface area contributed by atoms with Crippen LogP contribution in [0, 0.1) is 6.92 Å². The third-order valence-electron chi connectivity index (χ3n) is 5.48. The van der Waals surface area contributed by atoms with Gasteiger partial charge in [0.15, 0.2) is 11.4 Å². The number of hydrogen-bond donors (Lipinski definition) is 1.